The minimum atomic E-state index is -5.85. The van der Waals surface area contributed by atoms with Crippen LogP contribution < -0.4 is 20.1 Å². The fraction of sp³-hybridized carbons (Fsp3) is 0.111. The molecule has 10 nitrogen and oxygen atoms in total. The van der Waals surface area contributed by atoms with Crippen LogP contribution in [0.3, 0.4) is 0 Å². The molecule has 0 spiro atoms. The number of methoxy groups -OCH3 is 1. The van der Waals surface area contributed by atoms with E-state index in [-0.39, 0.29) is 0 Å². The molecule has 0 fully saturated rings. The number of alkyl halides is 5. The predicted octanol–water partition coefficient (Wildman–Crippen LogP) is 6.31. The number of amides is 2. The van der Waals surface area contributed by atoms with Crippen molar-refractivity contribution in [3.63, 3.8) is 0 Å². The molecule has 2 amide bonds. The zero-order valence-electron chi connectivity index (χ0n) is 21.5. The normalized spacial score (nSPS) is 11.7. The summed E-state index contributed by atoms with van der Waals surface area (Å²) in [4.78, 5) is 16.9. The van der Waals surface area contributed by atoms with Crippen LogP contribution in [0.25, 0.3) is 22.8 Å². The number of rotatable bonds is 8. The Morgan fingerprint density at radius 2 is 1.60 bits per heavy atom. The number of para-hydroxylation sites is 2. The van der Waals surface area contributed by atoms with Gasteiger partial charge in [-0.15, -0.1) is 5.10 Å². The van der Waals surface area contributed by atoms with Crippen LogP contribution in [0.15, 0.2) is 91.4 Å². The van der Waals surface area contributed by atoms with E-state index in [1.807, 2.05) is 12.1 Å². The lowest BCUT2D eigenvalue weighted by Gasteiger charge is -2.20. The highest BCUT2D eigenvalue weighted by Crippen LogP contribution is 2.37. The second-order valence-electron chi connectivity index (χ2n) is 8.58. The number of nitrogens with zero attached hydrogens (tertiary/aromatic N) is 5. The third-order valence-electron chi connectivity index (χ3n) is 5.77. The van der Waals surface area contributed by atoms with Crippen molar-refractivity contribution in [3.05, 3.63) is 91.4 Å². The highest BCUT2D eigenvalue weighted by Gasteiger charge is 2.61. The Kier molecular flexibility index (Phi) is 7.48. The largest absolute Gasteiger partial charge is 0.499 e. The Labute approximate surface area is 234 Å². The SMILES string of the molecule is COc1ccccc1-n1nccc1NC(=O)Nc1ccc(-c2ncn(-c3ccc(OC(F)(F)C(F)(F)F)cc3)n2)cc1. The van der Waals surface area contributed by atoms with Gasteiger partial charge in [0.25, 0.3) is 0 Å². The predicted molar refractivity (Wildman–Crippen MR) is 141 cm³/mol. The molecule has 2 heterocycles. The molecule has 0 aliphatic carbocycles. The highest BCUT2D eigenvalue weighted by molar-refractivity contribution is 5.99. The van der Waals surface area contributed by atoms with Crippen molar-refractivity contribution in [1.82, 2.24) is 24.5 Å². The summed E-state index contributed by atoms with van der Waals surface area (Å²) in [5, 5.41) is 14.0. The van der Waals surface area contributed by atoms with E-state index in [9.17, 15) is 26.7 Å². The third kappa shape index (κ3) is 5.99. The number of anilines is 2. The number of carbonyl (C=O) groups excluding carboxylic acids is 1. The van der Waals surface area contributed by atoms with E-state index in [4.69, 9.17) is 4.74 Å². The van der Waals surface area contributed by atoms with Gasteiger partial charge in [0.05, 0.1) is 19.0 Å². The van der Waals surface area contributed by atoms with Crippen molar-refractivity contribution in [2.45, 2.75) is 12.3 Å². The molecule has 0 atom stereocenters. The maximum atomic E-state index is 13.1. The Hall–Kier alpha value is -5.47. The van der Waals surface area contributed by atoms with Gasteiger partial charge >= 0.3 is 18.3 Å². The van der Waals surface area contributed by atoms with Crippen molar-refractivity contribution < 1.29 is 36.2 Å². The van der Waals surface area contributed by atoms with Gasteiger partial charge in [0, 0.05) is 17.3 Å². The summed E-state index contributed by atoms with van der Waals surface area (Å²) in [6.07, 6.45) is -8.28. The summed E-state index contributed by atoms with van der Waals surface area (Å²) < 4.78 is 75.3. The molecular weight excluding hydrogens is 565 g/mol. The van der Waals surface area contributed by atoms with Crippen molar-refractivity contribution >= 4 is 17.5 Å². The fourth-order valence-electron chi connectivity index (χ4n) is 3.77. The fourth-order valence-corrected chi connectivity index (χ4v) is 3.77. The molecule has 216 valence electrons. The molecule has 0 radical (unpaired) electrons. The minimum Gasteiger partial charge on any atom is -0.494 e. The second kappa shape index (κ2) is 11.2. The molecular formula is C27H20F5N7O3. The maximum Gasteiger partial charge on any atom is 0.499 e. The zero-order chi connectivity index (χ0) is 29.9. The smallest absolute Gasteiger partial charge is 0.494 e. The summed E-state index contributed by atoms with van der Waals surface area (Å²) in [5.41, 5.74) is 2.06. The van der Waals surface area contributed by atoms with E-state index in [1.165, 1.54) is 41.1 Å². The van der Waals surface area contributed by atoms with Gasteiger partial charge < -0.3 is 14.8 Å². The van der Waals surface area contributed by atoms with Crippen molar-refractivity contribution in [1.29, 1.82) is 0 Å². The van der Waals surface area contributed by atoms with Gasteiger partial charge in [-0.25, -0.2) is 19.1 Å². The number of hydrogen-bond donors (Lipinski definition) is 2. The number of hydrogen-bond acceptors (Lipinski definition) is 6. The molecule has 5 aromatic rings. The molecule has 0 saturated carbocycles. The average Bonchev–Trinajstić information content (AvgIpc) is 3.63. The molecule has 2 aromatic heterocycles. The van der Waals surface area contributed by atoms with Crippen LogP contribution in [0.4, 0.5) is 38.3 Å². The van der Waals surface area contributed by atoms with Gasteiger partial charge in [-0.2, -0.15) is 27.1 Å². The minimum absolute atomic E-state index is 0.302. The Balaban J connectivity index is 1.22. The monoisotopic (exact) mass is 585 g/mol. The third-order valence-corrected chi connectivity index (χ3v) is 5.77. The molecule has 0 aliphatic rings. The van der Waals surface area contributed by atoms with Crippen LogP contribution in [0, 0.1) is 0 Å². The lowest BCUT2D eigenvalue weighted by atomic mass is 10.2. The number of halogens is 5. The van der Waals surface area contributed by atoms with Crippen LogP contribution >= 0.6 is 0 Å². The Morgan fingerprint density at radius 3 is 2.29 bits per heavy atom. The van der Waals surface area contributed by atoms with Gasteiger partial charge in [-0.3, -0.25) is 5.32 Å². The van der Waals surface area contributed by atoms with Gasteiger partial charge in [0.2, 0.25) is 0 Å². The Bertz CT molecular complexity index is 1680. The molecule has 0 saturated heterocycles. The number of urea groups is 1. The first-order valence-electron chi connectivity index (χ1n) is 12.1. The van der Waals surface area contributed by atoms with Gasteiger partial charge in [-0.1, -0.05) is 12.1 Å². The van der Waals surface area contributed by atoms with E-state index < -0.39 is 24.1 Å². The zero-order valence-corrected chi connectivity index (χ0v) is 21.5. The van der Waals surface area contributed by atoms with Gasteiger partial charge in [0.15, 0.2) is 5.82 Å². The first-order chi connectivity index (χ1) is 20.0. The van der Waals surface area contributed by atoms with E-state index in [2.05, 4.69) is 30.6 Å². The van der Waals surface area contributed by atoms with Crippen molar-refractivity contribution in [2.75, 3.05) is 17.7 Å². The second-order valence-corrected chi connectivity index (χ2v) is 8.58. The van der Waals surface area contributed by atoms with Crippen LogP contribution in [0.5, 0.6) is 11.5 Å². The van der Waals surface area contributed by atoms with Crippen LogP contribution in [0.1, 0.15) is 0 Å². The average molecular weight is 585 g/mol. The van der Waals surface area contributed by atoms with Gasteiger partial charge in [-0.05, 0) is 60.7 Å². The number of nitrogens with one attached hydrogen (secondary N) is 2. The summed E-state index contributed by atoms with van der Waals surface area (Å²) in [7, 11) is 1.54. The molecule has 0 bridgehead atoms. The van der Waals surface area contributed by atoms with Crippen LogP contribution in [-0.4, -0.2) is 50.0 Å². The molecule has 0 unspecified atom stereocenters. The Morgan fingerprint density at radius 1 is 0.881 bits per heavy atom. The highest BCUT2D eigenvalue weighted by atomic mass is 19.4. The molecule has 0 aliphatic heterocycles. The van der Waals surface area contributed by atoms with E-state index >= 15 is 0 Å². The van der Waals surface area contributed by atoms with Gasteiger partial charge in [0.1, 0.15) is 29.3 Å². The van der Waals surface area contributed by atoms with E-state index in [0.29, 0.717) is 40.0 Å². The number of benzene rings is 3. The summed E-state index contributed by atoms with van der Waals surface area (Å²) in [6, 6.07) is 19.4. The number of carbonyl (C=O) groups is 1. The summed E-state index contributed by atoms with van der Waals surface area (Å²) >= 11 is 0. The molecule has 15 heteroatoms. The number of ether oxygens (including phenoxy) is 2. The first-order valence-corrected chi connectivity index (χ1v) is 12.1. The standard InChI is InChI=1S/C27H20F5N7O3/c1-41-22-5-3-2-4-21(22)39-23(14-15-34-39)36-25(40)35-18-8-6-17(7-9-18)24-33-16-38(37-24)19-10-12-20(13-11-19)42-27(31,32)26(28,29)30/h2-16H,1H3,(H2,35,36,40). The molecule has 2 N–H and O–H groups in total. The summed E-state index contributed by atoms with van der Waals surface area (Å²) in [6.45, 7) is 0. The lowest BCUT2D eigenvalue weighted by Crippen LogP contribution is -2.41. The lowest BCUT2D eigenvalue weighted by molar-refractivity contribution is -0.360. The van der Waals surface area contributed by atoms with Crippen molar-refractivity contribution in [3.8, 4) is 34.3 Å². The number of aromatic nitrogens is 5. The van der Waals surface area contributed by atoms with Crippen LogP contribution in [0.2, 0.25) is 0 Å². The van der Waals surface area contributed by atoms with E-state index in [0.717, 1.165) is 12.1 Å². The summed E-state index contributed by atoms with van der Waals surface area (Å²) in [5.74, 6) is 0.623. The van der Waals surface area contributed by atoms with Crippen LogP contribution in [-0.2, 0) is 0 Å². The quantitative estimate of drug-likeness (QED) is 0.207. The molecule has 5 rings (SSSR count). The molecule has 42 heavy (non-hydrogen) atoms. The first kappa shape index (κ1) is 28.1. The maximum absolute atomic E-state index is 13.1. The molecule has 3 aromatic carbocycles. The van der Waals surface area contributed by atoms with Crippen molar-refractivity contribution in [2.24, 2.45) is 0 Å². The van der Waals surface area contributed by atoms with E-state index in [1.54, 1.807) is 42.5 Å². The topological polar surface area (TPSA) is 108 Å².